The molecule has 1 rings (SSSR count). The first-order chi connectivity index (χ1) is 13.1. The van der Waals surface area contributed by atoms with E-state index in [1.807, 2.05) is 44.2 Å². The largest absolute Gasteiger partial charge is 0.368 e. The predicted molar refractivity (Wildman–Crippen MR) is 106 cm³/mol. The SMILES string of the molecule is CC(=O)N[C@@H](Cc1ccccc1)C(=O)N[C@@H](C)C(=O)N[C@@H](CC(C)C)C(N)=O. The molecule has 0 aliphatic heterocycles. The molecule has 0 saturated heterocycles. The highest BCUT2D eigenvalue weighted by Crippen LogP contribution is 2.06. The van der Waals surface area contributed by atoms with Gasteiger partial charge >= 0.3 is 0 Å². The summed E-state index contributed by atoms with van der Waals surface area (Å²) in [5.74, 6) is -1.81. The molecule has 0 heterocycles. The van der Waals surface area contributed by atoms with E-state index in [1.54, 1.807) is 0 Å². The quantitative estimate of drug-likeness (QED) is 0.456. The van der Waals surface area contributed by atoms with E-state index in [2.05, 4.69) is 16.0 Å². The maximum atomic E-state index is 12.6. The molecule has 1 aromatic rings. The minimum absolute atomic E-state index is 0.165. The number of carbonyl (C=O) groups excluding carboxylic acids is 4. The number of primary amides is 1. The minimum Gasteiger partial charge on any atom is -0.368 e. The van der Waals surface area contributed by atoms with Crippen LogP contribution in [-0.4, -0.2) is 41.8 Å². The van der Waals surface area contributed by atoms with Gasteiger partial charge in [0.1, 0.15) is 18.1 Å². The Balaban J connectivity index is 2.75. The topological polar surface area (TPSA) is 130 Å². The van der Waals surface area contributed by atoms with Crippen molar-refractivity contribution in [1.29, 1.82) is 0 Å². The molecule has 1 aromatic carbocycles. The van der Waals surface area contributed by atoms with Gasteiger partial charge in [0.15, 0.2) is 0 Å². The molecule has 0 fully saturated rings. The van der Waals surface area contributed by atoms with Gasteiger partial charge in [0, 0.05) is 13.3 Å². The summed E-state index contributed by atoms with van der Waals surface area (Å²) in [4.78, 5) is 47.9. The van der Waals surface area contributed by atoms with Crippen LogP contribution in [0.4, 0.5) is 0 Å². The lowest BCUT2D eigenvalue weighted by molar-refractivity contribution is -0.132. The van der Waals surface area contributed by atoms with E-state index < -0.39 is 35.8 Å². The average molecular weight is 390 g/mol. The first-order valence-corrected chi connectivity index (χ1v) is 9.31. The van der Waals surface area contributed by atoms with Crippen LogP contribution >= 0.6 is 0 Å². The van der Waals surface area contributed by atoms with Gasteiger partial charge in [0.2, 0.25) is 23.6 Å². The van der Waals surface area contributed by atoms with Crippen LogP contribution in [-0.2, 0) is 25.6 Å². The van der Waals surface area contributed by atoms with Gasteiger partial charge in [-0.3, -0.25) is 19.2 Å². The van der Waals surface area contributed by atoms with Crippen molar-refractivity contribution in [2.75, 3.05) is 0 Å². The first-order valence-electron chi connectivity index (χ1n) is 9.31. The van der Waals surface area contributed by atoms with E-state index in [0.717, 1.165) is 5.56 Å². The number of hydrogen-bond donors (Lipinski definition) is 4. The van der Waals surface area contributed by atoms with Crippen LogP contribution in [0.5, 0.6) is 0 Å². The van der Waals surface area contributed by atoms with Crippen molar-refractivity contribution < 1.29 is 19.2 Å². The fourth-order valence-corrected chi connectivity index (χ4v) is 2.70. The molecule has 0 aliphatic rings. The lowest BCUT2D eigenvalue weighted by Crippen LogP contribution is -2.55. The van der Waals surface area contributed by atoms with Crippen LogP contribution in [0.15, 0.2) is 30.3 Å². The number of rotatable bonds is 10. The molecule has 5 N–H and O–H groups in total. The lowest BCUT2D eigenvalue weighted by Gasteiger charge is -2.23. The van der Waals surface area contributed by atoms with Gasteiger partial charge in [-0.25, -0.2) is 0 Å². The maximum absolute atomic E-state index is 12.6. The van der Waals surface area contributed by atoms with E-state index in [1.165, 1.54) is 13.8 Å². The molecule has 0 bridgehead atoms. The Bertz CT molecular complexity index is 691. The molecule has 4 amide bonds. The van der Waals surface area contributed by atoms with Gasteiger partial charge in [-0.2, -0.15) is 0 Å². The van der Waals surface area contributed by atoms with Crippen LogP contribution in [0, 0.1) is 5.92 Å². The number of carbonyl (C=O) groups is 4. The summed E-state index contributed by atoms with van der Waals surface area (Å²) in [7, 11) is 0. The molecule has 8 heteroatoms. The molecule has 0 radical (unpaired) electrons. The van der Waals surface area contributed by atoms with E-state index in [4.69, 9.17) is 5.73 Å². The van der Waals surface area contributed by atoms with Crippen LogP contribution in [0.25, 0.3) is 0 Å². The van der Waals surface area contributed by atoms with Crippen LogP contribution in [0.1, 0.15) is 39.7 Å². The second-order valence-corrected chi connectivity index (χ2v) is 7.27. The molecule has 3 atom stereocenters. The third kappa shape index (κ3) is 8.20. The zero-order valence-electron chi connectivity index (χ0n) is 16.8. The molecule has 0 aromatic heterocycles. The van der Waals surface area contributed by atoms with Gasteiger partial charge in [-0.1, -0.05) is 44.2 Å². The Hall–Kier alpha value is -2.90. The molecule has 0 spiro atoms. The summed E-state index contributed by atoms with van der Waals surface area (Å²) in [5, 5.41) is 7.75. The summed E-state index contributed by atoms with van der Waals surface area (Å²) in [6, 6.07) is 6.71. The second-order valence-electron chi connectivity index (χ2n) is 7.27. The fraction of sp³-hybridized carbons (Fsp3) is 0.500. The lowest BCUT2D eigenvalue weighted by atomic mass is 10.0. The summed E-state index contributed by atoms with van der Waals surface area (Å²) >= 11 is 0. The van der Waals surface area contributed by atoms with E-state index >= 15 is 0 Å². The minimum atomic E-state index is -0.895. The highest BCUT2D eigenvalue weighted by Gasteiger charge is 2.26. The molecular weight excluding hydrogens is 360 g/mol. The second kappa shape index (κ2) is 11.1. The standard InChI is InChI=1S/C20H30N4O4/c1-12(2)10-16(18(21)26)24-19(27)13(3)22-20(28)17(23-14(4)25)11-15-8-6-5-7-9-15/h5-9,12-13,16-17H,10-11H2,1-4H3,(H2,21,26)(H,22,28)(H,23,25)(H,24,27)/t13-,16-,17-/m0/s1. The van der Waals surface area contributed by atoms with Crippen LogP contribution < -0.4 is 21.7 Å². The highest BCUT2D eigenvalue weighted by molar-refractivity contribution is 5.93. The molecule has 28 heavy (non-hydrogen) atoms. The summed E-state index contributed by atoms with van der Waals surface area (Å²) in [6.07, 6.45) is 0.697. The van der Waals surface area contributed by atoms with E-state index in [0.29, 0.717) is 6.42 Å². The van der Waals surface area contributed by atoms with Crippen molar-refractivity contribution in [2.45, 2.75) is 58.7 Å². The number of benzene rings is 1. The molecular formula is C20H30N4O4. The summed E-state index contributed by atoms with van der Waals surface area (Å²) in [6.45, 7) is 6.66. The van der Waals surface area contributed by atoms with Gasteiger partial charge in [-0.05, 0) is 24.8 Å². The number of amides is 4. The Morgan fingerprint density at radius 1 is 0.893 bits per heavy atom. The van der Waals surface area contributed by atoms with Crippen molar-refractivity contribution in [3.63, 3.8) is 0 Å². The van der Waals surface area contributed by atoms with Gasteiger partial charge in [0.25, 0.3) is 0 Å². The van der Waals surface area contributed by atoms with Crippen molar-refractivity contribution in [3.05, 3.63) is 35.9 Å². The van der Waals surface area contributed by atoms with Crippen LogP contribution in [0.2, 0.25) is 0 Å². The van der Waals surface area contributed by atoms with E-state index in [-0.39, 0.29) is 18.2 Å². The Morgan fingerprint density at radius 2 is 1.50 bits per heavy atom. The zero-order chi connectivity index (χ0) is 21.3. The molecule has 154 valence electrons. The van der Waals surface area contributed by atoms with Crippen molar-refractivity contribution >= 4 is 23.6 Å². The highest BCUT2D eigenvalue weighted by atomic mass is 16.2. The van der Waals surface area contributed by atoms with Gasteiger partial charge in [0.05, 0.1) is 0 Å². The third-order valence-corrected chi connectivity index (χ3v) is 4.10. The average Bonchev–Trinajstić information content (AvgIpc) is 2.60. The Labute approximate surface area is 165 Å². The number of nitrogens with two attached hydrogens (primary N) is 1. The molecule has 0 aliphatic carbocycles. The van der Waals surface area contributed by atoms with Crippen LogP contribution in [0.3, 0.4) is 0 Å². The maximum Gasteiger partial charge on any atom is 0.243 e. The van der Waals surface area contributed by atoms with Gasteiger partial charge < -0.3 is 21.7 Å². The Morgan fingerprint density at radius 3 is 2.00 bits per heavy atom. The normalized spacial score (nSPS) is 13.9. The van der Waals surface area contributed by atoms with Crippen molar-refractivity contribution in [1.82, 2.24) is 16.0 Å². The summed E-state index contributed by atoms with van der Waals surface area (Å²) in [5.41, 5.74) is 6.21. The zero-order valence-corrected chi connectivity index (χ0v) is 16.8. The molecule has 0 saturated carbocycles. The van der Waals surface area contributed by atoms with Gasteiger partial charge in [-0.15, -0.1) is 0 Å². The van der Waals surface area contributed by atoms with E-state index in [9.17, 15) is 19.2 Å². The Kier molecular flexibility index (Phi) is 9.14. The van der Waals surface area contributed by atoms with Crippen molar-refractivity contribution in [2.24, 2.45) is 11.7 Å². The fourth-order valence-electron chi connectivity index (χ4n) is 2.70. The number of nitrogens with one attached hydrogen (secondary N) is 3. The smallest absolute Gasteiger partial charge is 0.243 e. The monoisotopic (exact) mass is 390 g/mol. The molecule has 0 unspecified atom stereocenters. The molecule has 8 nitrogen and oxygen atoms in total. The number of hydrogen-bond acceptors (Lipinski definition) is 4. The van der Waals surface area contributed by atoms with Crippen molar-refractivity contribution in [3.8, 4) is 0 Å². The predicted octanol–water partition coefficient (Wildman–Crippen LogP) is 0.255. The third-order valence-electron chi connectivity index (χ3n) is 4.10. The first kappa shape index (κ1) is 23.1. The summed E-state index contributed by atoms with van der Waals surface area (Å²) < 4.78 is 0.